The van der Waals surface area contributed by atoms with E-state index in [9.17, 15) is 5.26 Å². The third kappa shape index (κ3) is 2.79. The van der Waals surface area contributed by atoms with Crippen LogP contribution in [-0.4, -0.2) is 0 Å². The van der Waals surface area contributed by atoms with E-state index in [1.165, 1.54) is 18.4 Å². The van der Waals surface area contributed by atoms with Crippen molar-refractivity contribution < 1.29 is 0 Å². The summed E-state index contributed by atoms with van der Waals surface area (Å²) in [6, 6.07) is 12.9. The molecule has 0 unspecified atom stereocenters. The molecule has 0 aromatic heterocycles. The predicted octanol–water partition coefficient (Wildman–Crippen LogP) is 4.77. The molecule has 1 nitrogen and oxygen atoms in total. The predicted molar refractivity (Wildman–Crippen MR) is 79.6 cm³/mol. The summed E-state index contributed by atoms with van der Waals surface area (Å²) in [5, 5.41) is 9.21. The maximum Gasteiger partial charge on any atom is 0.0906 e. The fourth-order valence-corrected chi connectivity index (χ4v) is 2.55. The van der Waals surface area contributed by atoms with Gasteiger partial charge < -0.3 is 0 Å². The second kappa shape index (κ2) is 5.45. The van der Waals surface area contributed by atoms with Crippen molar-refractivity contribution in [2.75, 3.05) is 0 Å². The van der Waals surface area contributed by atoms with Crippen LogP contribution in [0.2, 0.25) is 0 Å². The lowest BCUT2D eigenvalue weighted by molar-refractivity contribution is 0.536. The Morgan fingerprint density at radius 1 is 1.05 bits per heavy atom. The van der Waals surface area contributed by atoms with E-state index < -0.39 is 5.41 Å². The Morgan fingerprint density at radius 3 is 2.21 bits per heavy atom. The van der Waals surface area contributed by atoms with Crippen molar-refractivity contribution in [3.8, 4) is 6.07 Å². The van der Waals surface area contributed by atoms with E-state index in [4.69, 9.17) is 0 Å². The first-order chi connectivity index (χ1) is 9.14. The Bertz CT molecular complexity index is 502. The molecule has 0 amide bonds. The zero-order valence-corrected chi connectivity index (χ0v) is 11.8. The SMILES string of the molecule is CCCCC1(c2ccccc2)C=CC(C)(C#N)C=C1. The molecule has 0 saturated carbocycles. The lowest BCUT2D eigenvalue weighted by atomic mass is 9.70. The minimum absolute atomic E-state index is 0.0341. The summed E-state index contributed by atoms with van der Waals surface area (Å²) in [6.07, 6.45) is 12.0. The van der Waals surface area contributed by atoms with Gasteiger partial charge in [0.15, 0.2) is 0 Å². The Hall–Kier alpha value is -1.81. The van der Waals surface area contributed by atoms with Crippen LogP contribution in [0.5, 0.6) is 0 Å². The molecule has 2 rings (SSSR count). The van der Waals surface area contributed by atoms with Crippen molar-refractivity contribution in [2.45, 2.75) is 38.5 Å². The molecule has 0 atom stereocenters. The molecule has 1 heteroatoms. The van der Waals surface area contributed by atoms with Crippen molar-refractivity contribution in [3.05, 3.63) is 60.2 Å². The standard InChI is InChI=1S/C18H21N/c1-3-4-10-18(16-8-6-5-7-9-16)13-11-17(2,15-19)12-14-18/h5-9,11-14H,3-4,10H2,1-2H3. The maximum absolute atomic E-state index is 9.21. The largest absolute Gasteiger partial charge is 0.197 e. The number of benzene rings is 1. The average molecular weight is 251 g/mol. The van der Waals surface area contributed by atoms with E-state index in [0.29, 0.717) is 0 Å². The first-order valence-corrected chi connectivity index (χ1v) is 7.02. The van der Waals surface area contributed by atoms with Gasteiger partial charge >= 0.3 is 0 Å². The van der Waals surface area contributed by atoms with Gasteiger partial charge in [0, 0.05) is 5.41 Å². The van der Waals surface area contributed by atoms with Crippen LogP contribution >= 0.6 is 0 Å². The van der Waals surface area contributed by atoms with Gasteiger partial charge in [0.1, 0.15) is 0 Å². The van der Waals surface area contributed by atoms with E-state index >= 15 is 0 Å². The minimum atomic E-state index is -0.454. The van der Waals surface area contributed by atoms with Crippen molar-refractivity contribution >= 4 is 0 Å². The van der Waals surface area contributed by atoms with Crippen LogP contribution in [-0.2, 0) is 5.41 Å². The van der Waals surface area contributed by atoms with Gasteiger partial charge in [-0.2, -0.15) is 5.26 Å². The highest BCUT2D eigenvalue weighted by Crippen LogP contribution is 2.39. The van der Waals surface area contributed by atoms with Crippen molar-refractivity contribution in [1.82, 2.24) is 0 Å². The molecule has 0 radical (unpaired) electrons. The second-order valence-electron chi connectivity index (χ2n) is 5.57. The molecule has 19 heavy (non-hydrogen) atoms. The molecular weight excluding hydrogens is 230 g/mol. The van der Waals surface area contributed by atoms with E-state index in [2.05, 4.69) is 61.6 Å². The minimum Gasteiger partial charge on any atom is -0.197 e. The number of hydrogen-bond donors (Lipinski definition) is 0. The summed E-state index contributed by atoms with van der Waals surface area (Å²) in [7, 11) is 0. The van der Waals surface area contributed by atoms with Crippen LogP contribution in [0.4, 0.5) is 0 Å². The molecule has 1 aromatic rings. The van der Waals surface area contributed by atoms with Gasteiger partial charge in [-0.05, 0) is 18.9 Å². The first kappa shape index (κ1) is 13.6. The molecule has 1 aliphatic carbocycles. The van der Waals surface area contributed by atoms with Gasteiger partial charge in [-0.25, -0.2) is 0 Å². The van der Waals surface area contributed by atoms with Crippen molar-refractivity contribution in [1.29, 1.82) is 5.26 Å². The first-order valence-electron chi connectivity index (χ1n) is 7.02. The highest BCUT2D eigenvalue weighted by Gasteiger charge is 2.32. The Morgan fingerprint density at radius 2 is 1.68 bits per heavy atom. The van der Waals surface area contributed by atoms with Crippen LogP contribution in [0.3, 0.4) is 0 Å². The number of nitriles is 1. The fourth-order valence-electron chi connectivity index (χ4n) is 2.55. The number of allylic oxidation sites excluding steroid dienone is 4. The zero-order valence-electron chi connectivity index (χ0n) is 11.8. The zero-order chi connectivity index (χ0) is 13.8. The second-order valence-corrected chi connectivity index (χ2v) is 5.57. The van der Waals surface area contributed by atoms with Crippen LogP contribution < -0.4 is 0 Å². The topological polar surface area (TPSA) is 23.8 Å². The summed E-state index contributed by atoms with van der Waals surface area (Å²) in [6.45, 7) is 4.17. The van der Waals surface area contributed by atoms with E-state index in [1.807, 2.05) is 13.0 Å². The van der Waals surface area contributed by atoms with E-state index in [1.54, 1.807) is 0 Å². The molecule has 98 valence electrons. The Labute approximate surface area is 116 Å². The Balaban J connectivity index is 2.37. The Kier molecular flexibility index (Phi) is 3.90. The van der Waals surface area contributed by atoms with E-state index in [0.717, 1.165) is 6.42 Å². The lowest BCUT2D eigenvalue weighted by Crippen LogP contribution is -2.26. The quantitative estimate of drug-likeness (QED) is 0.707. The third-order valence-electron chi connectivity index (χ3n) is 3.95. The summed E-state index contributed by atoms with van der Waals surface area (Å²) >= 11 is 0. The third-order valence-corrected chi connectivity index (χ3v) is 3.95. The van der Waals surface area contributed by atoms with Gasteiger partial charge in [-0.15, -0.1) is 0 Å². The summed E-state index contributed by atoms with van der Waals surface area (Å²) in [5.74, 6) is 0. The lowest BCUT2D eigenvalue weighted by Gasteiger charge is -2.33. The van der Waals surface area contributed by atoms with Gasteiger partial charge in [-0.1, -0.05) is 74.4 Å². The average Bonchev–Trinajstić information content (AvgIpc) is 2.48. The molecule has 0 saturated heterocycles. The fraction of sp³-hybridized carbons (Fsp3) is 0.389. The number of hydrogen-bond acceptors (Lipinski definition) is 1. The molecular formula is C18H21N. The van der Waals surface area contributed by atoms with Crippen LogP contribution in [0.25, 0.3) is 0 Å². The smallest absolute Gasteiger partial charge is 0.0906 e. The van der Waals surface area contributed by atoms with Crippen molar-refractivity contribution in [2.24, 2.45) is 5.41 Å². The molecule has 0 spiro atoms. The molecule has 0 aliphatic heterocycles. The van der Waals surface area contributed by atoms with Gasteiger partial charge in [0.25, 0.3) is 0 Å². The highest BCUT2D eigenvalue weighted by atomic mass is 14.4. The van der Waals surface area contributed by atoms with Crippen LogP contribution in [0.15, 0.2) is 54.6 Å². The van der Waals surface area contributed by atoms with Crippen molar-refractivity contribution in [3.63, 3.8) is 0 Å². The molecule has 0 N–H and O–H groups in total. The summed E-state index contributed by atoms with van der Waals surface area (Å²) < 4.78 is 0. The van der Waals surface area contributed by atoms with Gasteiger partial charge in [-0.3, -0.25) is 0 Å². The van der Waals surface area contributed by atoms with Crippen LogP contribution in [0, 0.1) is 16.7 Å². The molecule has 1 aromatic carbocycles. The molecule has 1 aliphatic rings. The number of rotatable bonds is 4. The number of nitrogens with zero attached hydrogens (tertiary/aromatic N) is 1. The maximum atomic E-state index is 9.21. The van der Waals surface area contributed by atoms with E-state index in [-0.39, 0.29) is 5.41 Å². The summed E-state index contributed by atoms with van der Waals surface area (Å²) in [5.41, 5.74) is 0.828. The molecule has 0 bridgehead atoms. The molecule has 0 heterocycles. The normalized spacial score (nSPS) is 29.1. The van der Waals surface area contributed by atoms with Crippen LogP contribution in [0.1, 0.15) is 38.7 Å². The van der Waals surface area contributed by atoms with Gasteiger partial charge in [0.05, 0.1) is 11.5 Å². The molecule has 0 fully saturated rings. The number of unbranched alkanes of at least 4 members (excludes halogenated alkanes) is 1. The summed E-state index contributed by atoms with van der Waals surface area (Å²) in [4.78, 5) is 0. The highest BCUT2D eigenvalue weighted by molar-refractivity contribution is 5.42. The van der Waals surface area contributed by atoms with Gasteiger partial charge in [0.2, 0.25) is 0 Å². The monoisotopic (exact) mass is 251 g/mol.